The zero-order chi connectivity index (χ0) is 7.84. The van der Waals surface area contributed by atoms with Crippen molar-refractivity contribution < 1.29 is 4.42 Å². The fraction of sp³-hybridized carbons (Fsp3) is 0. The number of nitrogens with one attached hydrogen (secondary N) is 1. The van der Waals surface area contributed by atoms with E-state index in [0.717, 1.165) is 0 Å². The van der Waals surface area contributed by atoms with Crippen molar-refractivity contribution in [1.82, 2.24) is 15.9 Å². The number of aromatic nitrogens is 2. The highest BCUT2D eigenvalue weighted by Gasteiger charge is 2.03. The minimum absolute atomic E-state index is 0.336. The molecule has 2 radical (unpaired) electrons. The third kappa shape index (κ3) is 0.778. The van der Waals surface area contributed by atoms with Crippen LogP contribution < -0.4 is 11.4 Å². The van der Waals surface area contributed by atoms with Gasteiger partial charge in [0, 0.05) is 6.07 Å². The summed E-state index contributed by atoms with van der Waals surface area (Å²) in [5.74, 6) is -0.410. The van der Waals surface area contributed by atoms with E-state index in [1.165, 1.54) is 12.3 Å². The average Bonchev–Trinajstić information content (AvgIpc) is 2.34. The van der Waals surface area contributed by atoms with Crippen LogP contribution in [0, 0.1) is 0 Å². The molecule has 2 aromatic rings. The minimum atomic E-state index is -0.589. The number of hydrogen-bond acceptors (Lipinski definition) is 3. The molecule has 0 fully saturated rings. The standard InChI is InChI=1S/C6H3N3O2/c7-5-1-4-3(2-8-9-4)6(10)11-5/h1-2H,(H,8,9). The Morgan fingerprint density at radius 3 is 3.27 bits per heavy atom. The van der Waals surface area contributed by atoms with Gasteiger partial charge in [-0.1, -0.05) is 0 Å². The lowest BCUT2D eigenvalue weighted by atomic mass is 10.3. The van der Waals surface area contributed by atoms with Crippen molar-refractivity contribution in [1.29, 1.82) is 0 Å². The number of rotatable bonds is 0. The Morgan fingerprint density at radius 1 is 1.64 bits per heavy atom. The van der Waals surface area contributed by atoms with Crippen LogP contribution in [0.5, 0.6) is 0 Å². The van der Waals surface area contributed by atoms with E-state index < -0.39 is 11.5 Å². The molecule has 0 saturated carbocycles. The molecule has 11 heavy (non-hydrogen) atoms. The molecule has 5 nitrogen and oxygen atoms in total. The fourth-order valence-corrected chi connectivity index (χ4v) is 0.872. The molecule has 0 spiro atoms. The van der Waals surface area contributed by atoms with Crippen LogP contribution in [0.25, 0.3) is 10.9 Å². The number of aromatic amines is 1. The Hall–Kier alpha value is -1.78. The maximum Gasteiger partial charge on any atom is 0.348 e. The molecule has 0 unspecified atom stereocenters. The molecule has 0 aliphatic carbocycles. The topological polar surface area (TPSA) is 81.2 Å². The molecule has 1 N–H and O–H groups in total. The summed E-state index contributed by atoms with van der Waals surface area (Å²) < 4.78 is 4.39. The summed E-state index contributed by atoms with van der Waals surface area (Å²) in [7, 11) is 0. The van der Waals surface area contributed by atoms with Crippen molar-refractivity contribution in [2.75, 3.05) is 0 Å². The predicted octanol–water partition coefficient (Wildman–Crippen LogP) is 0.216. The molecule has 2 rings (SSSR count). The van der Waals surface area contributed by atoms with Crippen molar-refractivity contribution in [3.05, 3.63) is 22.7 Å². The number of H-pyrrole nitrogens is 1. The second-order valence-corrected chi connectivity index (χ2v) is 2.07. The molecule has 54 valence electrons. The van der Waals surface area contributed by atoms with Crippen LogP contribution >= 0.6 is 0 Å². The molecule has 0 atom stereocenters. The van der Waals surface area contributed by atoms with Gasteiger partial charge in [0.2, 0.25) is 5.88 Å². The second-order valence-electron chi connectivity index (χ2n) is 2.07. The monoisotopic (exact) mass is 149 g/mol. The highest BCUT2D eigenvalue weighted by atomic mass is 16.4. The van der Waals surface area contributed by atoms with Gasteiger partial charge in [0.05, 0.1) is 11.7 Å². The first-order valence-electron chi connectivity index (χ1n) is 2.93. The normalized spacial score (nSPS) is 10.5. The Balaban J connectivity index is 3.02. The zero-order valence-corrected chi connectivity index (χ0v) is 5.37. The van der Waals surface area contributed by atoms with Gasteiger partial charge >= 0.3 is 5.63 Å². The van der Waals surface area contributed by atoms with E-state index in [9.17, 15) is 4.79 Å². The van der Waals surface area contributed by atoms with E-state index >= 15 is 0 Å². The zero-order valence-electron chi connectivity index (χ0n) is 5.37. The van der Waals surface area contributed by atoms with Gasteiger partial charge in [0.25, 0.3) is 0 Å². The van der Waals surface area contributed by atoms with E-state index in [-0.39, 0.29) is 0 Å². The molecule has 5 heteroatoms. The largest absolute Gasteiger partial charge is 0.402 e. The van der Waals surface area contributed by atoms with E-state index in [4.69, 9.17) is 5.73 Å². The SMILES string of the molecule is [N]c1cc2[nH]ncc2c(=O)o1. The molecule has 2 heterocycles. The molecule has 0 bridgehead atoms. The molecular weight excluding hydrogens is 146 g/mol. The van der Waals surface area contributed by atoms with Gasteiger partial charge in [0.15, 0.2) is 0 Å². The third-order valence-electron chi connectivity index (χ3n) is 1.35. The lowest BCUT2D eigenvalue weighted by molar-refractivity contribution is 0.527. The van der Waals surface area contributed by atoms with Crippen LogP contribution in [0.4, 0.5) is 5.88 Å². The Kier molecular flexibility index (Phi) is 1.00. The summed E-state index contributed by atoms with van der Waals surface area (Å²) in [4.78, 5) is 10.9. The fourth-order valence-electron chi connectivity index (χ4n) is 0.872. The summed E-state index contributed by atoms with van der Waals surface area (Å²) in [6.07, 6.45) is 1.35. The highest BCUT2D eigenvalue weighted by molar-refractivity contribution is 5.77. The van der Waals surface area contributed by atoms with E-state index in [2.05, 4.69) is 14.6 Å². The highest BCUT2D eigenvalue weighted by Crippen LogP contribution is 2.09. The molecule has 0 aliphatic rings. The Bertz CT molecular complexity index is 442. The Labute approximate surface area is 60.8 Å². The van der Waals surface area contributed by atoms with Gasteiger partial charge in [-0.2, -0.15) is 5.10 Å². The Morgan fingerprint density at radius 2 is 2.45 bits per heavy atom. The smallest absolute Gasteiger partial charge is 0.348 e. The van der Waals surface area contributed by atoms with Gasteiger partial charge in [-0.05, 0) is 0 Å². The average molecular weight is 149 g/mol. The third-order valence-corrected chi connectivity index (χ3v) is 1.35. The predicted molar refractivity (Wildman–Crippen MR) is 36.4 cm³/mol. The molecule has 2 aromatic heterocycles. The summed E-state index contributed by atoms with van der Waals surface area (Å²) in [6, 6.07) is 1.30. The van der Waals surface area contributed by atoms with Crippen LogP contribution in [0.2, 0.25) is 0 Å². The molecule has 0 aromatic carbocycles. The molecule has 0 amide bonds. The molecule has 0 saturated heterocycles. The minimum Gasteiger partial charge on any atom is -0.402 e. The number of nitrogens with zero attached hydrogens (tertiary/aromatic N) is 2. The first kappa shape index (κ1) is 5.96. The molecule has 0 aliphatic heterocycles. The lowest BCUT2D eigenvalue weighted by Crippen LogP contribution is -1.96. The van der Waals surface area contributed by atoms with E-state index in [1.54, 1.807) is 0 Å². The summed E-state index contributed by atoms with van der Waals surface area (Å²) in [5, 5.41) is 6.47. The molecular formula is C6H3N3O2. The van der Waals surface area contributed by atoms with Crippen LogP contribution in [-0.4, -0.2) is 10.2 Å². The maximum atomic E-state index is 10.9. The summed E-state index contributed by atoms with van der Waals surface area (Å²) >= 11 is 0. The van der Waals surface area contributed by atoms with E-state index in [1.807, 2.05) is 0 Å². The van der Waals surface area contributed by atoms with Gasteiger partial charge < -0.3 is 4.42 Å². The second kappa shape index (κ2) is 1.85. The quantitative estimate of drug-likeness (QED) is 0.581. The van der Waals surface area contributed by atoms with Gasteiger partial charge in [0.1, 0.15) is 5.39 Å². The van der Waals surface area contributed by atoms with Crippen LogP contribution in [0.3, 0.4) is 0 Å². The number of fused-ring (bicyclic) bond motifs is 1. The van der Waals surface area contributed by atoms with Crippen molar-refractivity contribution in [3.8, 4) is 0 Å². The van der Waals surface area contributed by atoms with Crippen molar-refractivity contribution in [2.24, 2.45) is 0 Å². The van der Waals surface area contributed by atoms with Crippen molar-refractivity contribution in [2.45, 2.75) is 0 Å². The maximum absolute atomic E-state index is 10.9. The summed E-state index contributed by atoms with van der Waals surface area (Å²) in [5.41, 5.74) is 8.70. The van der Waals surface area contributed by atoms with Crippen molar-refractivity contribution >= 4 is 16.8 Å². The van der Waals surface area contributed by atoms with Gasteiger partial charge in [-0.25, -0.2) is 4.79 Å². The first-order valence-corrected chi connectivity index (χ1v) is 2.93. The lowest BCUT2D eigenvalue weighted by Gasteiger charge is -1.85. The van der Waals surface area contributed by atoms with Crippen LogP contribution in [0.1, 0.15) is 0 Å². The van der Waals surface area contributed by atoms with Crippen molar-refractivity contribution in [3.63, 3.8) is 0 Å². The first-order chi connectivity index (χ1) is 5.27. The van der Waals surface area contributed by atoms with Gasteiger partial charge in [-0.3, -0.25) is 5.10 Å². The summed E-state index contributed by atoms with van der Waals surface area (Å²) in [6.45, 7) is 0. The number of hydrogen-bond donors (Lipinski definition) is 1. The van der Waals surface area contributed by atoms with Crippen LogP contribution in [0.15, 0.2) is 21.5 Å². The van der Waals surface area contributed by atoms with Crippen LogP contribution in [-0.2, 0) is 0 Å². The van der Waals surface area contributed by atoms with Gasteiger partial charge in [-0.15, -0.1) is 5.73 Å². The van der Waals surface area contributed by atoms with E-state index in [0.29, 0.717) is 10.9 Å².